The minimum Gasteiger partial charge on any atom is -0.301 e. The average Bonchev–Trinajstić information content (AvgIpc) is 1.37. The first kappa shape index (κ1) is 3.67. The van der Waals surface area contributed by atoms with Gasteiger partial charge in [-0.1, -0.05) is 0 Å². The predicted molar refractivity (Wildman–Crippen MR) is 19.8 cm³/mol. The Morgan fingerprint density at radius 1 is 1.75 bits per heavy atom. The molecular formula is C3H6N. The maximum Gasteiger partial charge on any atom is 0.0382 e. The van der Waals surface area contributed by atoms with E-state index in [1.54, 1.807) is 0 Å². The zero-order valence-electron chi connectivity index (χ0n) is 2.57. The van der Waals surface area contributed by atoms with Gasteiger partial charge in [0.05, 0.1) is 0 Å². The average molecular weight is 56.1 g/mol. The summed E-state index contributed by atoms with van der Waals surface area (Å²) in [5, 5.41) is 0. The molecule has 0 aliphatic carbocycles. The Kier molecular flexibility index (Phi) is 2.45. The molecule has 0 heterocycles. The number of hydrogen-bond donors (Lipinski definition) is 0. The second-order valence-corrected chi connectivity index (χ2v) is 0.447. The maximum absolute atomic E-state index is 3.38. The minimum atomic E-state index is 0.583. The van der Waals surface area contributed by atoms with Crippen LogP contribution >= 0.6 is 0 Å². The van der Waals surface area contributed by atoms with Crippen molar-refractivity contribution in [2.45, 2.75) is 0 Å². The Balaban J connectivity index is 2.30. The van der Waals surface area contributed by atoms with Gasteiger partial charge in [-0.2, -0.15) is 0 Å². The van der Waals surface area contributed by atoms with Crippen molar-refractivity contribution in [3.8, 4) is 0 Å². The number of hydrogen-bond acceptors (Lipinski definition) is 1. The molecule has 0 bridgehead atoms. The standard InChI is InChI=1S/C3H6N/c1-3-4-2/h1-3H2. The smallest absolute Gasteiger partial charge is 0.0382 e. The molecule has 1 radical (unpaired) electrons. The molecule has 1 heteroatoms. The van der Waals surface area contributed by atoms with E-state index in [9.17, 15) is 0 Å². The van der Waals surface area contributed by atoms with Gasteiger partial charge in [-0.15, -0.1) is 0 Å². The third-order valence-electron chi connectivity index (χ3n) is 0.158. The van der Waals surface area contributed by atoms with E-state index in [-0.39, 0.29) is 0 Å². The van der Waals surface area contributed by atoms with E-state index < -0.39 is 0 Å². The van der Waals surface area contributed by atoms with Crippen LogP contribution in [0.3, 0.4) is 0 Å². The van der Waals surface area contributed by atoms with Crippen LogP contribution in [0.25, 0.3) is 0 Å². The van der Waals surface area contributed by atoms with E-state index in [1.165, 1.54) is 0 Å². The van der Waals surface area contributed by atoms with Gasteiger partial charge in [0.15, 0.2) is 0 Å². The Labute approximate surface area is 26.4 Å². The first-order valence-corrected chi connectivity index (χ1v) is 1.13. The van der Waals surface area contributed by atoms with Gasteiger partial charge >= 0.3 is 0 Å². The number of aliphatic imine (C=N–C) groups is 1. The molecule has 0 atom stereocenters. The van der Waals surface area contributed by atoms with Crippen molar-refractivity contribution in [2.24, 2.45) is 4.99 Å². The van der Waals surface area contributed by atoms with Gasteiger partial charge in [0.25, 0.3) is 0 Å². The summed E-state index contributed by atoms with van der Waals surface area (Å²) in [6.45, 7) is 7.12. The number of nitrogens with zero attached hydrogens (tertiary/aromatic N) is 1. The largest absolute Gasteiger partial charge is 0.301 e. The van der Waals surface area contributed by atoms with Crippen molar-refractivity contribution in [3.63, 3.8) is 0 Å². The Bertz CT molecular complexity index is 17.2. The van der Waals surface area contributed by atoms with Crippen LogP contribution in [0.1, 0.15) is 0 Å². The summed E-state index contributed by atoms with van der Waals surface area (Å²) in [6.07, 6.45) is 0. The fourth-order valence-electron chi connectivity index (χ4n) is 0. The summed E-state index contributed by atoms with van der Waals surface area (Å²) in [7, 11) is 0. The minimum absolute atomic E-state index is 0.583. The van der Waals surface area contributed by atoms with E-state index in [0.717, 1.165) is 0 Å². The van der Waals surface area contributed by atoms with Gasteiger partial charge < -0.3 is 4.99 Å². The Hall–Kier alpha value is -0.330. The third kappa shape index (κ3) is 1.67. The van der Waals surface area contributed by atoms with E-state index in [1.807, 2.05) is 0 Å². The lowest BCUT2D eigenvalue weighted by molar-refractivity contribution is 1.27. The monoisotopic (exact) mass is 56.1 g/mol. The molecule has 0 amide bonds. The topological polar surface area (TPSA) is 12.4 Å². The zero-order valence-corrected chi connectivity index (χ0v) is 2.57. The van der Waals surface area contributed by atoms with Crippen LogP contribution in [0.15, 0.2) is 4.99 Å². The van der Waals surface area contributed by atoms with Crippen LogP contribution in [-0.2, 0) is 0 Å². The lowest BCUT2D eigenvalue weighted by Crippen LogP contribution is -1.56. The van der Waals surface area contributed by atoms with Crippen LogP contribution < -0.4 is 0 Å². The lowest BCUT2D eigenvalue weighted by Gasteiger charge is -1.61. The fraction of sp³-hybridized carbons (Fsp3) is 0.333. The molecule has 0 unspecified atom stereocenters. The van der Waals surface area contributed by atoms with Crippen molar-refractivity contribution in [2.75, 3.05) is 6.54 Å². The predicted octanol–water partition coefficient (Wildman–Crippen LogP) is 0.521. The van der Waals surface area contributed by atoms with E-state index >= 15 is 0 Å². The van der Waals surface area contributed by atoms with Gasteiger partial charge in [0, 0.05) is 6.54 Å². The molecule has 0 aliphatic rings. The first-order valence-electron chi connectivity index (χ1n) is 1.13. The van der Waals surface area contributed by atoms with Crippen LogP contribution in [0.4, 0.5) is 0 Å². The number of rotatable bonds is 1. The van der Waals surface area contributed by atoms with Crippen molar-refractivity contribution < 1.29 is 0 Å². The molecule has 0 aromatic heterocycles. The summed E-state index contributed by atoms with van der Waals surface area (Å²) in [5.41, 5.74) is 0. The van der Waals surface area contributed by atoms with Gasteiger partial charge in [0.2, 0.25) is 0 Å². The van der Waals surface area contributed by atoms with Crippen LogP contribution in [-0.4, -0.2) is 13.3 Å². The normalized spacial score (nSPS) is 6.25. The van der Waals surface area contributed by atoms with Crippen LogP contribution in [0, 0.1) is 6.92 Å². The third-order valence-corrected chi connectivity index (χ3v) is 0.158. The molecule has 0 fully saturated rings. The Morgan fingerprint density at radius 2 is 2.00 bits per heavy atom. The second kappa shape index (κ2) is 2.67. The lowest BCUT2D eigenvalue weighted by atomic mass is 10.8. The van der Waals surface area contributed by atoms with Crippen molar-refractivity contribution in [1.82, 2.24) is 0 Å². The fourth-order valence-corrected chi connectivity index (χ4v) is 0. The van der Waals surface area contributed by atoms with E-state index in [0.29, 0.717) is 6.54 Å². The summed E-state index contributed by atoms with van der Waals surface area (Å²) >= 11 is 0. The highest BCUT2D eigenvalue weighted by molar-refractivity contribution is 5.23. The summed E-state index contributed by atoms with van der Waals surface area (Å²) in [6, 6.07) is 0. The molecular weight excluding hydrogens is 50.0 g/mol. The maximum atomic E-state index is 3.38. The van der Waals surface area contributed by atoms with Crippen LogP contribution in [0.5, 0.6) is 0 Å². The molecule has 23 valence electrons. The molecule has 0 N–H and O–H groups in total. The van der Waals surface area contributed by atoms with Gasteiger partial charge in [-0.3, -0.25) is 0 Å². The molecule has 0 saturated heterocycles. The highest BCUT2D eigenvalue weighted by Gasteiger charge is 1.44. The molecule has 1 nitrogen and oxygen atoms in total. The highest BCUT2D eigenvalue weighted by atomic mass is 14.6. The Morgan fingerprint density at radius 3 is 2.00 bits per heavy atom. The molecule has 0 spiro atoms. The molecule has 0 aromatic carbocycles. The summed E-state index contributed by atoms with van der Waals surface area (Å²) in [4.78, 5) is 3.38. The SMILES string of the molecule is [CH2]CN=C. The zero-order chi connectivity index (χ0) is 3.41. The van der Waals surface area contributed by atoms with E-state index in [2.05, 4.69) is 18.6 Å². The van der Waals surface area contributed by atoms with Crippen molar-refractivity contribution in [3.05, 3.63) is 6.92 Å². The van der Waals surface area contributed by atoms with Gasteiger partial charge in [-0.05, 0) is 13.6 Å². The van der Waals surface area contributed by atoms with Gasteiger partial charge in [0.1, 0.15) is 0 Å². The molecule has 0 aromatic rings. The first-order chi connectivity index (χ1) is 1.91. The molecule has 0 aliphatic heterocycles. The van der Waals surface area contributed by atoms with Crippen molar-refractivity contribution in [1.29, 1.82) is 0 Å². The van der Waals surface area contributed by atoms with Crippen LogP contribution in [0.2, 0.25) is 0 Å². The highest BCUT2D eigenvalue weighted by Crippen LogP contribution is 1.49. The summed E-state index contributed by atoms with van der Waals surface area (Å²) in [5.74, 6) is 0. The second-order valence-electron chi connectivity index (χ2n) is 0.447. The molecule has 4 heavy (non-hydrogen) atoms. The summed E-state index contributed by atoms with van der Waals surface area (Å²) < 4.78 is 0. The van der Waals surface area contributed by atoms with E-state index in [4.69, 9.17) is 0 Å². The van der Waals surface area contributed by atoms with Crippen molar-refractivity contribution >= 4 is 6.72 Å². The van der Waals surface area contributed by atoms with Gasteiger partial charge in [-0.25, -0.2) is 0 Å². The molecule has 0 saturated carbocycles. The quantitative estimate of drug-likeness (QED) is 0.388. The molecule has 0 rings (SSSR count).